The number of thiazole rings is 1. The minimum absolute atomic E-state index is 0.204. The fraction of sp³-hybridized carbons (Fsp3) is 0.625. The Morgan fingerprint density at radius 3 is 3.08 bits per heavy atom. The summed E-state index contributed by atoms with van der Waals surface area (Å²) in [4.78, 5) is 5.18. The summed E-state index contributed by atoms with van der Waals surface area (Å²) in [7, 11) is 0. The molecule has 0 aromatic carbocycles. The van der Waals surface area contributed by atoms with Gasteiger partial charge in [0.25, 0.3) is 0 Å². The third-order valence-electron chi connectivity index (χ3n) is 1.76. The summed E-state index contributed by atoms with van der Waals surface area (Å²) in [5.74, 6) is 0. The van der Waals surface area contributed by atoms with Gasteiger partial charge in [-0.05, 0) is 6.42 Å². The number of aliphatic hydroxyl groups is 1. The Kier molecular flexibility index (Phi) is 4.21. The third-order valence-corrected chi connectivity index (χ3v) is 2.54. The molecule has 0 radical (unpaired) electrons. The molecule has 1 heterocycles. The monoisotopic (exact) mass is 186 g/mol. The minimum Gasteiger partial charge on any atom is -0.395 e. The van der Waals surface area contributed by atoms with Crippen LogP contribution >= 0.6 is 11.3 Å². The van der Waals surface area contributed by atoms with Gasteiger partial charge in [0, 0.05) is 23.7 Å². The summed E-state index contributed by atoms with van der Waals surface area (Å²) in [6.07, 6.45) is 2.80. The number of aliphatic hydroxyl groups excluding tert-OH is 1. The smallest absolute Gasteiger partial charge is 0.0794 e. The van der Waals surface area contributed by atoms with Crippen LogP contribution in [0.4, 0.5) is 0 Å². The van der Waals surface area contributed by atoms with Gasteiger partial charge in [-0.25, -0.2) is 0 Å². The van der Waals surface area contributed by atoms with Crippen LogP contribution in [0.2, 0.25) is 0 Å². The van der Waals surface area contributed by atoms with Gasteiger partial charge in [0.15, 0.2) is 0 Å². The highest BCUT2D eigenvalue weighted by molar-refractivity contribution is 7.09. The van der Waals surface area contributed by atoms with Crippen LogP contribution in [0.5, 0.6) is 0 Å². The maximum Gasteiger partial charge on any atom is 0.0794 e. The van der Waals surface area contributed by atoms with Gasteiger partial charge >= 0.3 is 0 Å². The van der Waals surface area contributed by atoms with Gasteiger partial charge in [-0.3, -0.25) is 4.98 Å². The van der Waals surface area contributed by atoms with E-state index < -0.39 is 0 Å². The number of hydrogen-bond acceptors (Lipinski definition) is 4. The third kappa shape index (κ3) is 2.89. The Balaban J connectivity index is 2.25. The van der Waals surface area contributed by atoms with E-state index in [0.717, 1.165) is 13.0 Å². The van der Waals surface area contributed by atoms with E-state index in [-0.39, 0.29) is 12.6 Å². The topological polar surface area (TPSA) is 45.1 Å². The van der Waals surface area contributed by atoms with Crippen LogP contribution < -0.4 is 5.32 Å². The summed E-state index contributed by atoms with van der Waals surface area (Å²) in [6.45, 7) is 3.07. The van der Waals surface area contributed by atoms with Crippen LogP contribution in [0.3, 0.4) is 0 Å². The lowest BCUT2D eigenvalue weighted by atomic mass is 10.2. The molecule has 2 N–H and O–H groups in total. The van der Waals surface area contributed by atoms with Crippen LogP contribution in [-0.4, -0.2) is 22.7 Å². The SMILES string of the molecule is CC[C@H](CO)NCc1cncs1. The van der Waals surface area contributed by atoms with E-state index in [1.165, 1.54) is 4.88 Å². The number of hydrogen-bond donors (Lipinski definition) is 2. The van der Waals surface area contributed by atoms with Gasteiger partial charge in [-0.1, -0.05) is 6.92 Å². The van der Waals surface area contributed by atoms with Crippen molar-refractivity contribution < 1.29 is 5.11 Å². The molecule has 0 fully saturated rings. The Labute approximate surface area is 76.5 Å². The molecule has 12 heavy (non-hydrogen) atoms. The zero-order valence-electron chi connectivity index (χ0n) is 7.16. The van der Waals surface area contributed by atoms with Gasteiger partial charge in [-0.15, -0.1) is 11.3 Å². The Bertz CT molecular complexity index is 197. The summed E-state index contributed by atoms with van der Waals surface area (Å²) in [6, 6.07) is 0.215. The molecule has 0 aliphatic rings. The lowest BCUT2D eigenvalue weighted by Crippen LogP contribution is -2.30. The van der Waals surface area contributed by atoms with Crippen molar-refractivity contribution in [2.45, 2.75) is 25.9 Å². The Hall–Kier alpha value is -0.450. The van der Waals surface area contributed by atoms with Crippen molar-refractivity contribution in [2.75, 3.05) is 6.61 Å². The summed E-state index contributed by atoms with van der Waals surface area (Å²) in [5.41, 5.74) is 1.82. The van der Waals surface area contributed by atoms with Gasteiger partial charge in [-0.2, -0.15) is 0 Å². The number of rotatable bonds is 5. The van der Waals surface area contributed by atoms with Gasteiger partial charge in [0.05, 0.1) is 12.1 Å². The first kappa shape index (κ1) is 9.64. The molecule has 1 aromatic heterocycles. The van der Waals surface area contributed by atoms with Gasteiger partial charge in [0.2, 0.25) is 0 Å². The molecular formula is C8H14N2OS. The first-order valence-corrected chi connectivity index (χ1v) is 4.96. The predicted octanol–water partition coefficient (Wildman–Crippen LogP) is 1.00. The van der Waals surface area contributed by atoms with Crippen LogP contribution in [0.15, 0.2) is 11.7 Å². The van der Waals surface area contributed by atoms with Crippen molar-refractivity contribution in [2.24, 2.45) is 0 Å². The molecule has 1 rings (SSSR count). The van der Waals surface area contributed by atoms with E-state index in [1.54, 1.807) is 11.3 Å². The molecular weight excluding hydrogens is 172 g/mol. The fourth-order valence-corrected chi connectivity index (χ4v) is 1.46. The standard InChI is InChI=1S/C8H14N2OS/c1-2-7(5-11)10-4-8-3-9-6-12-8/h3,6-7,10-11H,2,4-5H2,1H3/t7-/m1/s1. The fourth-order valence-electron chi connectivity index (χ4n) is 0.912. The highest BCUT2D eigenvalue weighted by Crippen LogP contribution is 2.05. The van der Waals surface area contributed by atoms with Crippen LogP contribution in [-0.2, 0) is 6.54 Å². The van der Waals surface area contributed by atoms with Crippen LogP contribution in [0.1, 0.15) is 18.2 Å². The maximum atomic E-state index is 8.88. The molecule has 0 saturated carbocycles. The Morgan fingerprint density at radius 2 is 2.58 bits per heavy atom. The maximum absolute atomic E-state index is 8.88. The summed E-state index contributed by atoms with van der Waals surface area (Å²) < 4.78 is 0. The predicted molar refractivity (Wildman–Crippen MR) is 50.1 cm³/mol. The van der Waals surface area contributed by atoms with E-state index in [1.807, 2.05) is 11.7 Å². The highest BCUT2D eigenvalue weighted by Gasteiger charge is 2.03. The minimum atomic E-state index is 0.204. The molecule has 68 valence electrons. The first-order valence-electron chi connectivity index (χ1n) is 4.08. The molecule has 0 saturated heterocycles. The second kappa shape index (κ2) is 5.24. The van der Waals surface area contributed by atoms with Gasteiger partial charge in [0.1, 0.15) is 0 Å². The van der Waals surface area contributed by atoms with E-state index in [4.69, 9.17) is 5.11 Å². The lowest BCUT2D eigenvalue weighted by Gasteiger charge is -2.12. The van der Waals surface area contributed by atoms with Crippen molar-refractivity contribution in [3.8, 4) is 0 Å². The Morgan fingerprint density at radius 1 is 1.75 bits per heavy atom. The largest absolute Gasteiger partial charge is 0.395 e. The molecule has 1 atom stereocenters. The average Bonchev–Trinajstić information content (AvgIpc) is 2.59. The van der Waals surface area contributed by atoms with Crippen molar-refractivity contribution in [3.05, 3.63) is 16.6 Å². The molecule has 0 spiro atoms. The number of nitrogens with one attached hydrogen (secondary N) is 1. The summed E-state index contributed by atoms with van der Waals surface area (Å²) >= 11 is 1.63. The molecule has 0 bridgehead atoms. The molecule has 1 aromatic rings. The van der Waals surface area contributed by atoms with E-state index >= 15 is 0 Å². The number of aromatic nitrogens is 1. The second-order valence-electron chi connectivity index (χ2n) is 2.64. The molecule has 0 unspecified atom stereocenters. The first-order chi connectivity index (χ1) is 5.86. The molecule has 3 nitrogen and oxygen atoms in total. The van der Waals surface area contributed by atoms with Crippen molar-refractivity contribution >= 4 is 11.3 Å². The van der Waals surface area contributed by atoms with E-state index in [0.29, 0.717) is 0 Å². The zero-order chi connectivity index (χ0) is 8.81. The van der Waals surface area contributed by atoms with Crippen molar-refractivity contribution in [3.63, 3.8) is 0 Å². The number of nitrogens with zero attached hydrogens (tertiary/aromatic N) is 1. The molecule has 0 aliphatic carbocycles. The van der Waals surface area contributed by atoms with Gasteiger partial charge < -0.3 is 10.4 Å². The van der Waals surface area contributed by atoms with Crippen molar-refractivity contribution in [1.29, 1.82) is 0 Å². The average molecular weight is 186 g/mol. The molecule has 0 aliphatic heterocycles. The molecule has 0 amide bonds. The normalized spacial score (nSPS) is 13.2. The highest BCUT2D eigenvalue weighted by atomic mass is 32.1. The van der Waals surface area contributed by atoms with Crippen LogP contribution in [0.25, 0.3) is 0 Å². The quantitative estimate of drug-likeness (QED) is 0.721. The second-order valence-corrected chi connectivity index (χ2v) is 3.61. The molecule has 4 heteroatoms. The van der Waals surface area contributed by atoms with Crippen molar-refractivity contribution in [1.82, 2.24) is 10.3 Å². The lowest BCUT2D eigenvalue weighted by molar-refractivity contribution is 0.238. The van der Waals surface area contributed by atoms with Crippen LogP contribution in [0, 0.1) is 0 Å². The zero-order valence-corrected chi connectivity index (χ0v) is 7.97. The summed E-state index contributed by atoms with van der Waals surface area (Å²) in [5, 5.41) is 12.1. The van der Waals surface area contributed by atoms with E-state index in [9.17, 15) is 0 Å². The van der Waals surface area contributed by atoms with E-state index in [2.05, 4.69) is 17.2 Å².